The number of aliphatic hydroxyl groups is 1. The average molecular weight is 343 g/mol. The molecule has 5 fully saturated rings. The third-order valence-corrected chi connectivity index (χ3v) is 8.16. The highest BCUT2D eigenvalue weighted by Crippen LogP contribution is 2.74. The molecule has 136 valence electrons. The Hall–Kier alpha value is -1.26. The summed E-state index contributed by atoms with van der Waals surface area (Å²) in [6.07, 6.45) is 5.79. The molecule has 1 aromatic carbocycles. The molecule has 5 aliphatic rings. The van der Waals surface area contributed by atoms with E-state index in [1.807, 2.05) is 0 Å². The molecule has 1 aromatic rings. The van der Waals surface area contributed by atoms with Crippen molar-refractivity contribution < 1.29 is 14.6 Å². The van der Waals surface area contributed by atoms with Crippen molar-refractivity contribution in [3.63, 3.8) is 0 Å². The van der Waals surface area contributed by atoms with E-state index in [2.05, 4.69) is 30.1 Å². The molecule has 2 bridgehead atoms. The fourth-order valence-corrected chi connectivity index (χ4v) is 7.14. The number of hydrogen-bond acceptors (Lipinski definition) is 4. The Morgan fingerprint density at radius 1 is 1.12 bits per heavy atom. The minimum atomic E-state index is -0.121. The first-order valence-electron chi connectivity index (χ1n) is 9.68. The van der Waals surface area contributed by atoms with Crippen LogP contribution in [0.25, 0.3) is 0 Å². The number of fused-ring (bicyclic) bond motifs is 2. The molecule has 6 rings (SSSR count). The van der Waals surface area contributed by atoms with Gasteiger partial charge in [0.2, 0.25) is 0 Å². The summed E-state index contributed by atoms with van der Waals surface area (Å²) in [5.41, 5.74) is 1.67. The predicted octanol–water partition coefficient (Wildman–Crippen LogP) is 2.83. The van der Waals surface area contributed by atoms with Gasteiger partial charge in [-0.25, -0.2) is 0 Å². The summed E-state index contributed by atoms with van der Waals surface area (Å²) < 4.78 is 11.1. The summed E-state index contributed by atoms with van der Waals surface area (Å²) in [6, 6.07) is 7.00. The minimum absolute atomic E-state index is 0.121. The Balaban J connectivity index is 1.68. The largest absolute Gasteiger partial charge is 0.493 e. The zero-order chi connectivity index (χ0) is 17.4. The fourth-order valence-electron chi connectivity index (χ4n) is 7.14. The molecule has 1 spiro atoms. The Labute approximate surface area is 150 Å². The van der Waals surface area contributed by atoms with Crippen molar-refractivity contribution in [3.05, 3.63) is 23.8 Å². The molecule has 4 nitrogen and oxygen atoms in total. The van der Waals surface area contributed by atoms with Gasteiger partial charge in [-0.15, -0.1) is 0 Å². The van der Waals surface area contributed by atoms with E-state index in [0.717, 1.165) is 30.4 Å². The van der Waals surface area contributed by atoms with Gasteiger partial charge in [0.15, 0.2) is 11.5 Å². The maximum Gasteiger partial charge on any atom is 0.161 e. The minimum Gasteiger partial charge on any atom is -0.493 e. The van der Waals surface area contributed by atoms with E-state index in [1.165, 1.54) is 31.2 Å². The van der Waals surface area contributed by atoms with Crippen LogP contribution in [0.15, 0.2) is 18.2 Å². The lowest BCUT2D eigenvalue weighted by Crippen LogP contribution is -2.59. The predicted molar refractivity (Wildman–Crippen MR) is 96.1 cm³/mol. The van der Waals surface area contributed by atoms with Gasteiger partial charge < -0.3 is 19.5 Å². The molecule has 1 heterocycles. The molecule has 1 N–H and O–H groups in total. The number of likely N-dealkylation sites (N-methyl/N-ethyl adjacent to an activating group) is 1. The number of aliphatic hydroxyl groups excluding tert-OH is 1. The second-order valence-electron chi connectivity index (χ2n) is 8.78. The van der Waals surface area contributed by atoms with Crippen molar-refractivity contribution in [1.29, 1.82) is 0 Å². The lowest BCUT2D eigenvalue weighted by Gasteiger charge is -2.53. The van der Waals surface area contributed by atoms with Crippen molar-refractivity contribution in [2.75, 3.05) is 27.8 Å². The number of methoxy groups -OCH3 is 2. The molecule has 25 heavy (non-hydrogen) atoms. The van der Waals surface area contributed by atoms with Crippen LogP contribution in [0.2, 0.25) is 0 Å². The van der Waals surface area contributed by atoms with Gasteiger partial charge in [-0.2, -0.15) is 0 Å². The highest BCUT2D eigenvalue weighted by atomic mass is 16.5. The van der Waals surface area contributed by atoms with Crippen LogP contribution in [0.1, 0.15) is 37.7 Å². The first-order valence-corrected chi connectivity index (χ1v) is 9.68. The molecule has 0 aromatic heterocycles. The molecule has 1 aliphatic heterocycles. The van der Waals surface area contributed by atoms with Crippen LogP contribution in [0.4, 0.5) is 0 Å². The first-order chi connectivity index (χ1) is 12.1. The normalized spacial score (nSPS) is 44.8. The van der Waals surface area contributed by atoms with Crippen LogP contribution >= 0.6 is 0 Å². The number of hydrogen-bond donors (Lipinski definition) is 1. The van der Waals surface area contributed by atoms with Gasteiger partial charge in [0, 0.05) is 16.9 Å². The second kappa shape index (κ2) is 5.14. The number of benzene rings is 1. The fraction of sp³-hybridized carbons (Fsp3) is 0.714. The molecule has 4 saturated carbocycles. The van der Waals surface area contributed by atoms with Gasteiger partial charge in [-0.1, -0.05) is 6.07 Å². The van der Waals surface area contributed by atoms with E-state index < -0.39 is 0 Å². The van der Waals surface area contributed by atoms with Gasteiger partial charge in [0.05, 0.1) is 20.3 Å². The number of ether oxygens (including phenoxy) is 2. The van der Waals surface area contributed by atoms with Crippen LogP contribution in [0, 0.1) is 17.3 Å². The quantitative estimate of drug-likeness (QED) is 0.916. The number of nitrogens with zero attached hydrogens (tertiary/aromatic N) is 1. The Kier molecular flexibility index (Phi) is 3.28. The van der Waals surface area contributed by atoms with E-state index in [4.69, 9.17) is 9.47 Å². The zero-order valence-electron chi connectivity index (χ0n) is 15.5. The Bertz CT molecular complexity index is 706. The van der Waals surface area contributed by atoms with Crippen molar-refractivity contribution in [1.82, 2.24) is 4.90 Å². The Morgan fingerprint density at radius 2 is 1.88 bits per heavy atom. The number of rotatable bonds is 3. The monoisotopic (exact) mass is 343 g/mol. The molecule has 0 amide bonds. The molecular weight excluding hydrogens is 314 g/mol. The van der Waals surface area contributed by atoms with Crippen molar-refractivity contribution in [3.8, 4) is 11.5 Å². The summed E-state index contributed by atoms with van der Waals surface area (Å²) in [5, 5.41) is 11.0. The lowest BCUT2D eigenvalue weighted by atomic mass is 9.55. The van der Waals surface area contributed by atoms with Crippen LogP contribution in [0.3, 0.4) is 0 Å². The summed E-state index contributed by atoms with van der Waals surface area (Å²) in [6.45, 7) is 1.12. The van der Waals surface area contributed by atoms with E-state index in [-0.39, 0.29) is 16.9 Å². The van der Waals surface area contributed by atoms with Gasteiger partial charge in [0.25, 0.3) is 0 Å². The third-order valence-electron chi connectivity index (χ3n) is 8.16. The second-order valence-corrected chi connectivity index (χ2v) is 8.78. The first kappa shape index (κ1) is 16.0. The van der Waals surface area contributed by atoms with Crippen LogP contribution in [-0.2, 0) is 5.41 Å². The molecule has 6 atom stereocenters. The molecule has 0 unspecified atom stereocenters. The van der Waals surface area contributed by atoms with Crippen molar-refractivity contribution >= 4 is 0 Å². The third kappa shape index (κ3) is 1.80. The summed E-state index contributed by atoms with van der Waals surface area (Å²) in [4.78, 5) is 2.55. The summed E-state index contributed by atoms with van der Waals surface area (Å²) in [5.74, 6) is 2.91. The van der Waals surface area contributed by atoms with E-state index >= 15 is 0 Å². The maximum atomic E-state index is 11.0. The average Bonchev–Trinajstić information content (AvgIpc) is 3.28. The molecular formula is C21H29NO3. The van der Waals surface area contributed by atoms with Crippen LogP contribution < -0.4 is 9.47 Å². The lowest BCUT2D eigenvalue weighted by molar-refractivity contribution is -0.0502. The molecule has 4 heteroatoms. The van der Waals surface area contributed by atoms with Gasteiger partial charge in [0.1, 0.15) is 0 Å². The molecule has 0 radical (unpaired) electrons. The van der Waals surface area contributed by atoms with Gasteiger partial charge in [-0.05, 0) is 75.2 Å². The van der Waals surface area contributed by atoms with E-state index in [9.17, 15) is 5.11 Å². The number of likely N-dealkylation sites (tertiary alicyclic amines) is 1. The topological polar surface area (TPSA) is 41.9 Å². The van der Waals surface area contributed by atoms with E-state index in [0.29, 0.717) is 12.0 Å². The maximum absolute atomic E-state index is 11.0. The molecule has 1 saturated heterocycles. The summed E-state index contributed by atoms with van der Waals surface area (Å²) in [7, 11) is 5.68. The molecule has 4 aliphatic carbocycles. The van der Waals surface area contributed by atoms with Crippen molar-refractivity contribution in [2.45, 2.75) is 49.7 Å². The van der Waals surface area contributed by atoms with Gasteiger partial charge >= 0.3 is 0 Å². The zero-order valence-corrected chi connectivity index (χ0v) is 15.5. The van der Waals surface area contributed by atoms with Crippen LogP contribution in [-0.4, -0.2) is 50.0 Å². The smallest absolute Gasteiger partial charge is 0.161 e. The highest BCUT2D eigenvalue weighted by molar-refractivity contribution is 5.48. The van der Waals surface area contributed by atoms with Crippen LogP contribution in [0.5, 0.6) is 11.5 Å². The standard InChI is InChI=1S/C21H29NO3/c1-22-9-8-20(13-6-7-16(24-2)17(10-13)25-3)14-4-5-15-12-21(15,19(20)22)18(23)11-14/h6-7,10,14-15,18-19,23H,4-5,8-9,11-12H2,1-3H3/t14-,15+,18-,19-,20+,21-/m1/s1. The van der Waals surface area contributed by atoms with E-state index in [1.54, 1.807) is 14.2 Å². The summed E-state index contributed by atoms with van der Waals surface area (Å²) >= 11 is 0. The van der Waals surface area contributed by atoms with Crippen molar-refractivity contribution in [2.24, 2.45) is 17.3 Å². The Morgan fingerprint density at radius 3 is 2.64 bits per heavy atom. The van der Waals surface area contributed by atoms with Gasteiger partial charge in [-0.3, -0.25) is 0 Å². The highest BCUT2D eigenvalue weighted by Gasteiger charge is 2.75. The SMILES string of the molecule is COc1ccc([C@]23CCN(C)[C@H]2[C@]24C[C@@H]2CC[C@@H]3C[C@H]4O)cc1OC.